The van der Waals surface area contributed by atoms with Gasteiger partial charge in [-0.15, -0.1) is 0 Å². The van der Waals surface area contributed by atoms with Gasteiger partial charge in [-0.1, -0.05) is 17.4 Å². The summed E-state index contributed by atoms with van der Waals surface area (Å²) < 4.78 is 0. The zero-order valence-corrected chi connectivity index (χ0v) is 11.3. The smallest absolute Gasteiger partial charge is 0.347 e. The molecule has 2 aromatic rings. The van der Waals surface area contributed by atoms with Crippen molar-refractivity contribution in [1.29, 1.82) is 0 Å². The number of anilines is 2. The number of carboxylic acid groups (broad SMARTS) is 1. The number of hydrogen-bond donors (Lipinski definition) is 1. The molecule has 0 fully saturated rings. The van der Waals surface area contributed by atoms with Gasteiger partial charge in [-0.05, 0) is 37.1 Å². The van der Waals surface area contributed by atoms with Gasteiger partial charge in [0.05, 0.1) is 6.20 Å². The Labute approximate surface area is 110 Å². The number of hydrogen-bond acceptors (Lipinski definition) is 4. The molecule has 1 aromatic carbocycles. The average Bonchev–Trinajstić information content (AvgIpc) is 2.75. The van der Waals surface area contributed by atoms with Crippen LogP contribution < -0.4 is 4.90 Å². The number of nitrogens with zero attached hydrogens (tertiary/aromatic N) is 2. The van der Waals surface area contributed by atoms with Gasteiger partial charge in [0.15, 0.2) is 5.13 Å². The highest BCUT2D eigenvalue weighted by Gasteiger charge is 2.13. The van der Waals surface area contributed by atoms with Crippen molar-refractivity contribution in [2.75, 3.05) is 11.9 Å². The number of aryl methyl sites for hydroxylation is 2. The molecular weight excluding hydrogens is 248 g/mol. The number of aromatic carboxylic acids is 1. The van der Waals surface area contributed by atoms with E-state index in [1.54, 1.807) is 0 Å². The van der Waals surface area contributed by atoms with E-state index in [4.69, 9.17) is 5.11 Å². The summed E-state index contributed by atoms with van der Waals surface area (Å²) in [5.41, 5.74) is 3.36. The Hall–Kier alpha value is -1.88. The fourth-order valence-electron chi connectivity index (χ4n) is 1.77. The van der Waals surface area contributed by atoms with Crippen LogP contribution in [0.4, 0.5) is 10.8 Å². The first-order valence-electron chi connectivity index (χ1n) is 5.48. The van der Waals surface area contributed by atoms with Gasteiger partial charge in [0.25, 0.3) is 0 Å². The first-order chi connectivity index (χ1) is 8.47. The third-order valence-electron chi connectivity index (χ3n) is 2.58. The molecule has 0 aliphatic carbocycles. The van der Waals surface area contributed by atoms with E-state index >= 15 is 0 Å². The SMILES string of the molecule is Cc1cc(C)cc(N(C)c2ncc(C(=O)O)s2)c1. The lowest BCUT2D eigenvalue weighted by Crippen LogP contribution is -2.09. The molecule has 18 heavy (non-hydrogen) atoms. The lowest BCUT2D eigenvalue weighted by Gasteiger charge is -2.17. The standard InChI is InChI=1S/C13H14N2O2S/c1-8-4-9(2)6-10(5-8)15(3)13-14-7-11(18-13)12(16)17/h4-7H,1-3H3,(H,16,17). The molecule has 0 saturated carbocycles. The van der Waals surface area contributed by atoms with E-state index in [2.05, 4.69) is 23.2 Å². The van der Waals surface area contributed by atoms with E-state index in [0.717, 1.165) is 5.69 Å². The van der Waals surface area contributed by atoms with Crippen LogP contribution >= 0.6 is 11.3 Å². The molecule has 0 radical (unpaired) electrons. The maximum Gasteiger partial charge on any atom is 0.347 e. The van der Waals surface area contributed by atoms with Crippen molar-refractivity contribution < 1.29 is 9.90 Å². The largest absolute Gasteiger partial charge is 0.477 e. The Morgan fingerprint density at radius 3 is 2.39 bits per heavy atom. The summed E-state index contributed by atoms with van der Waals surface area (Å²) in [5, 5.41) is 9.57. The van der Waals surface area contributed by atoms with Crippen molar-refractivity contribution >= 4 is 28.1 Å². The van der Waals surface area contributed by atoms with Crippen LogP contribution in [0.1, 0.15) is 20.8 Å². The van der Waals surface area contributed by atoms with Crippen LogP contribution in [0.25, 0.3) is 0 Å². The predicted octanol–water partition coefficient (Wildman–Crippen LogP) is 3.23. The minimum Gasteiger partial charge on any atom is -0.477 e. The minimum absolute atomic E-state index is 0.251. The highest BCUT2D eigenvalue weighted by molar-refractivity contribution is 7.17. The van der Waals surface area contributed by atoms with Gasteiger partial charge in [-0.3, -0.25) is 0 Å². The maximum atomic E-state index is 10.8. The predicted molar refractivity (Wildman–Crippen MR) is 73.1 cm³/mol. The minimum atomic E-state index is -0.937. The van der Waals surface area contributed by atoms with E-state index in [1.165, 1.54) is 28.7 Å². The molecule has 0 aliphatic rings. The van der Waals surface area contributed by atoms with Crippen LogP contribution in [0.5, 0.6) is 0 Å². The van der Waals surface area contributed by atoms with E-state index < -0.39 is 5.97 Å². The van der Waals surface area contributed by atoms with Gasteiger partial charge in [-0.2, -0.15) is 0 Å². The van der Waals surface area contributed by atoms with E-state index in [9.17, 15) is 4.79 Å². The number of rotatable bonds is 3. The van der Waals surface area contributed by atoms with Crippen LogP contribution in [-0.4, -0.2) is 23.1 Å². The topological polar surface area (TPSA) is 53.4 Å². The summed E-state index contributed by atoms with van der Waals surface area (Å²) in [7, 11) is 1.89. The average molecular weight is 262 g/mol. The van der Waals surface area contributed by atoms with Crippen molar-refractivity contribution in [3.05, 3.63) is 40.4 Å². The molecule has 0 atom stereocenters. The Bertz CT molecular complexity index is 572. The number of carboxylic acids is 1. The lowest BCUT2D eigenvalue weighted by molar-refractivity contribution is 0.0702. The van der Waals surface area contributed by atoms with Gasteiger partial charge < -0.3 is 10.0 Å². The van der Waals surface area contributed by atoms with Crippen LogP contribution in [0.15, 0.2) is 24.4 Å². The molecule has 0 saturated heterocycles. The second kappa shape index (κ2) is 4.78. The number of carbonyl (C=O) groups is 1. The molecule has 5 heteroatoms. The van der Waals surface area contributed by atoms with Gasteiger partial charge in [0.2, 0.25) is 0 Å². The first kappa shape index (κ1) is 12.6. The monoisotopic (exact) mass is 262 g/mol. The molecule has 4 nitrogen and oxygen atoms in total. The number of thiazole rings is 1. The van der Waals surface area contributed by atoms with Gasteiger partial charge >= 0.3 is 5.97 Å². The second-order valence-corrected chi connectivity index (χ2v) is 5.23. The maximum absolute atomic E-state index is 10.8. The van der Waals surface area contributed by atoms with Crippen molar-refractivity contribution in [2.45, 2.75) is 13.8 Å². The quantitative estimate of drug-likeness (QED) is 0.922. The van der Waals surface area contributed by atoms with Gasteiger partial charge in [-0.25, -0.2) is 9.78 Å². The summed E-state index contributed by atoms with van der Waals surface area (Å²) in [5.74, 6) is -0.937. The van der Waals surface area contributed by atoms with E-state index in [0.29, 0.717) is 5.13 Å². The molecule has 0 spiro atoms. The molecule has 1 aromatic heterocycles. The molecular formula is C13H14N2O2S. The van der Waals surface area contributed by atoms with E-state index in [1.807, 2.05) is 25.8 Å². The molecule has 1 heterocycles. The third kappa shape index (κ3) is 2.51. The van der Waals surface area contributed by atoms with Crippen LogP contribution in [0.3, 0.4) is 0 Å². The normalized spacial score (nSPS) is 10.4. The molecule has 0 amide bonds. The Morgan fingerprint density at radius 2 is 1.89 bits per heavy atom. The fraction of sp³-hybridized carbons (Fsp3) is 0.231. The van der Waals surface area contributed by atoms with Crippen LogP contribution in [0.2, 0.25) is 0 Å². The fourth-order valence-corrected chi connectivity index (χ4v) is 2.51. The zero-order valence-electron chi connectivity index (χ0n) is 10.5. The second-order valence-electron chi connectivity index (χ2n) is 4.22. The Balaban J connectivity index is 2.34. The van der Waals surface area contributed by atoms with Crippen LogP contribution in [-0.2, 0) is 0 Å². The Morgan fingerprint density at radius 1 is 1.28 bits per heavy atom. The molecule has 1 N–H and O–H groups in total. The molecule has 0 bridgehead atoms. The highest BCUT2D eigenvalue weighted by atomic mass is 32.1. The summed E-state index contributed by atoms with van der Waals surface area (Å²) in [6, 6.07) is 6.20. The lowest BCUT2D eigenvalue weighted by atomic mass is 10.1. The first-order valence-corrected chi connectivity index (χ1v) is 6.30. The van der Waals surface area contributed by atoms with Crippen LogP contribution in [0, 0.1) is 13.8 Å². The highest BCUT2D eigenvalue weighted by Crippen LogP contribution is 2.29. The third-order valence-corrected chi connectivity index (χ3v) is 3.65. The van der Waals surface area contributed by atoms with E-state index in [-0.39, 0.29) is 4.88 Å². The summed E-state index contributed by atoms with van der Waals surface area (Å²) in [6.45, 7) is 4.07. The summed E-state index contributed by atoms with van der Waals surface area (Å²) in [6.07, 6.45) is 1.39. The molecule has 2 rings (SSSR count). The molecule has 94 valence electrons. The van der Waals surface area contributed by atoms with Crippen molar-refractivity contribution in [1.82, 2.24) is 4.98 Å². The van der Waals surface area contributed by atoms with Crippen molar-refractivity contribution in [3.63, 3.8) is 0 Å². The van der Waals surface area contributed by atoms with Crippen molar-refractivity contribution in [3.8, 4) is 0 Å². The van der Waals surface area contributed by atoms with Crippen molar-refractivity contribution in [2.24, 2.45) is 0 Å². The number of benzene rings is 1. The molecule has 0 unspecified atom stereocenters. The Kier molecular flexibility index (Phi) is 3.34. The summed E-state index contributed by atoms with van der Waals surface area (Å²) >= 11 is 1.17. The zero-order chi connectivity index (χ0) is 13.3. The molecule has 0 aliphatic heterocycles. The summed E-state index contributed by atoms with van der Waals surface area (Å²) in [4.78, 5) is 17.1. The van der Waals surface area contributed by atoms with Gasteiger partial charge in [0, 0.05) is 12.7 Å². The van der Waals surface area contributed by atoms with Gasteiger partial charge in [0.1, 0.15) is 4.88 Å². The number of aromatic nitrogens is 1.